The molecule has 1 aromatic heterocycles. The van der Waals surface area contributed by atoms with Crippen LogP contribution >= 0.6 is 35.1 Å². The molecule has 2 rings (SSSR count). The highest BCUT2D eigenvalue weighted by Crippen LogP contribution is 2.24. The average molecular weight is 278 g/mol. The number of anilines is 1. The molecule has 2 N–H and O–H groups in total. The summed E-state index contributed by atoms with van der Waals surface area (Å²) < 4.78 is 0. The maximum absolute atomic E-state index is 11.2. The number of aromatic amines is 1. The quantitative estimate of drug-likeness (QED) is 0.880. The predicted molar refractivity (Wildman–Crippen MR) is 71.9 cm³/mol. The van der Waals surface area contributed by atoms with Gasteiger partial charge in [0.15, 0.2) is 0 Å². The molecular formula is C9H12ClN3OS2. The average Bonchev–Trinajstić information content (AvgIpc) is 2.32. The maximum atomic E-state index is 11.2. The topological polar surface area (TPSA) is 57.8 Å². The van der Waals surface area contributed by atoms with Crippen LogP contribution in [-0.2, 0) is 0 Å². The van der Waals surface area contributed by atoms with Crippen molar-refractivity contribution >= 4 is 40.8 Å². The number of hydrogen-bond donors (Lipinski definition) is 2. The van der Waals surface area contributed by atoms with Crippen molar-refractivity contribution in [2.75, 3.05) is 29.1 Å². The second-order valence-electron chi connectivity index (χ2n) is 3.38. The normalized spacial score (nSPS) is 20.7. The Morgan fingerprint density at radius 1 is 1.62 bits per heavy atom. The number of thioether (sulfide) groups is 2. The molecule has 1 fully saturated rings. The lowest BCUT2D eigenvalue weighted by atomic mass is 10.4. The number of nitrogens with zero attached hydrogens (tertiary/aromatic N) is 1. The van der Waals surface area contributed by atoms with E-state index in [-0.39, 0.29) is 10.6 Å². The van der Waals surface area contributed by atoms with Gasteiger partial charge in [0.05, 0.1) is 11.9 Å². The minimum absolute atomic E-state index is 0.184. The van der Waals surface area contributed by atoms with Crippen LogP contribution in [0.15, 0.2) is 11.0 Å². The van der Waals surface area contributed by atoms with E-state index in [0.29, 0.717) is 10.9 Å². The van der Waals surface area contributed by atoms with Gasteiger partial charge in [-0.15, -0.1) is 0 Å². The van der Waals surface area contributed by atoms with Crippen molar-refractivity contribution in [1.29, 1.82) is 0 Å². The van der Waals surface area contributed by atoms with Gasteiger partial charge in [-0.1, -0.05) is 11.6 Å². The molecule has 0 saturated carbocycles. The molecule has 1 aromatic rings. The van der Waals surface area contributed by atoms with Gasteiger partial charge in [-0.2, -0.15) is 28.6 Å². The molecule has 1 atom stereocenters. The summed E-state index contributed by atoms with van der Waals surface area (Å²) in [6.45, 7) is 0.822. The molecule has 1 saturated heterocycles. The summed E-state index contributed by atoms with van der Waals surface area (Å²) in [4.78, 5) is 11.2. The van der Waals surface area contributed by atoms with E-state index in [1.807, 2.05) is 23.5 Å². The molecular weight excluding hydrogens is 266 g/mol. The first-order valence-electron chi connectivity index (χ1n) is 4.94. The highest BCUT2D eigenvalue weighted by molar-refractivity contribution is 8.06. The zero-order valence-electron chi connectivity index (χ0n) is 8.53. The Morgan fingerprint density at radius 2 is 2.50 bits per heavy atom. The molecule has 1 aliphatic rings. The fourth-order valence-corrected chi connectivity index (χ4v) is 4.15. The zero-order valence-corrected chi connectivity index (χ0v) is 10.9. The molecule has 0 radical (unpaired) electrons. The first-order valence-corrected chi connectivity index (χ1v) is 7.52. The number of halogens is 1. The van der Waals surface area contributed by atoms with Gasteiger partial charge in [0.1, 0.15) is 5.02 Å². The summed E-state index contributed by atoms with van der Waals surface area (Å²) in [5, 5.41) is 9.94. The van der Waals surface area contributed by atoms with Crippen LogP contribution in [-0.4, -0.2) is 39.3 Å². The van der Waals surface area contributed by atoms with E-state index in [1.165, 1.54) is 11.5 Å². The van der Waals surface area contributed by atoms with Gasteiger partial charge in [0.2, 0.25) is 0 Å². The van der Waals surface area contributed by atoms with Crippen LogP contribution in [0.1, 0.15) is 0 Å². The smallest absolute Gasteiger partial charge is 0.285 e. The predicted octanol–water partition coefficient (Wildman–Crippen LogP) is 1.68. The summed E-state index contributed by atoms with van der Waals surface area (Å²) in [6.07, 6.45) is 1.55. The van der Waals surface area contributed by atoms with Gasteiger partial charge in [-0.05, 0) is 0 Å². The third-order valence-corrected chi connectivity index (χ3v) is 5.42. The minimum atomic E-state index is -0.350. The van der Waals surface area contributed by atoms with E-state index in [0.717, 1.165) is 12.3 Å². The van der Waals surface area contributed by atoms with E-state index in [4.69, 9.17) is 11.6 Å². The number of aromatic nitrogens is 2. The van der Waals surface area contributed by atoms with Crippen LogP contribution in [0.5, 0.6) is 0 Å². The lowest BCUT2D eigenvalue weighted by Gasteiger charge is -2.21. The van der Waals surface area contributed by atoms with E-state index in [9.17, 15) is 4.79 Å². The molecule has 0 amide bonds. The van der Waals surface area contributed by atoms with Crippen molar-refractivity contribution < 1.29 is 0 Å². The number of H-pyrrole nitrogens is 1. The lowest BCUT2D eigenvalue weighted by molar-refractivity contribution is 0.964. The zero-order chi connectivity index (χ0) is 11.4. The second-order valence-corrected chi connectivity index (χ2v) is 6.31. The Balaban J connectivity index is 1.93. The molecule has 2 heterocycles. The lowest BCUT2D eigenvalue weighted by Crippen LogP contribution is -2.24. The van der Waals surface area contributed by atoms with Crippen molar-refractivity contribution in [3.8, 4) is 0 Å². The highest BCUT2D eigenvalue weighted by Gasteiger charge is 2.14. The van der Waals surface area contributed by atoms with Crippen molar-refractivity contribution in [3.05, 3.63) is 21.6 Å². The third kappa shape index (κ3) is 3.09. The summed E-state index contributed by atoms with van der Waals surface area (Å²) in [6, 6.07) is 0. The van der Waals surface area contributed by atoms with E-state index in [2.05, 4.69) is 15.5 Å². The summed E-state index contributed by atoms with van der Waals surface area (Å²) in [5.74, 6) is 3.57. The molecule has 88 valence electrons. The fourth-order valence-electron chi connectivity index (χ4n) is 1.39. The van der Waals surface area contributed by atoms with Gasteiger partial charge < -0.3 is 5.32 Å². The molecule has 7 heteroatoms. The molecule has 4 nitrogen and oxygen atoms in total. The standard InChI is InChI=1S/C9H12ClN3OS2/c10-8-7(4-12-13-9(8)14)11-3-6-5-15-1-2-16-6/h4,6H,1-3,5H2,(H2,11,13,14)/t6-/m1/s1. The Labute approximate surface area is 107 Å². The first-order chi connectivity index (χ1) is 7.77. The molecule has 0 bridgehead atoms. The van der Waals surface area contributed by atoms with Gasteiger partial charge in [-0.3, -0.25) is 4.79 Å². The Kier molecular flexibility index (Phi) is 4.43. The maximum Gasteiger partial charge on any atom is 0.285 e. The SMILES string of the molecule is O=c1[nH]ncc(NC[C@@H]2CSCCS2)c1Cl. The highest BCUT2D eigenvalue weighted by atomic mass is 35.5. The molecule has 16 heavy (non-hydrogen) atoms. The molecule has 0 unspecified atom stereocenters. The van der Waals surface area contributed by atoms with E-state index >= 15 is 0 Å². The van der Waals surface area contributed by atoms with Crippen LogP contribution < -0.4 is 10.9 Å². The summed E-state index contributed by atoms with van der Waals surface area (Å²) in [7, 11) is 0. The van der Waals surface area contributed by atoms with Crippen LogP contribution in [0.2, 0.25) is 5.02 Å². The van der Waals surface area contributed by atoms with Crippen molar-refractivity contribution in [3.63, 3.8) is 0 Å². The number of hydrogen-bond acceptors (Lipinski definition) is 5. The number of rotatable bonds is 3. The van der Waals surface area contributed by atoms with Gasteiger partial charge in [-0.25, -0.2) is 5.10 Å². The number of nitrogens with one attached hydrogen (secondary N) is 2. The Morgan fingerprint density at radius 3 is 3.25 bits per heavy atom. The van der Waals surface area contributed by atoms with Crippen molar-refractivity contribution in [2.45, 2.75) is 5.25 Å². The Bertz CT molecular complexity index is 406. The van der Waals surface area contributed by atoms with Crippen LogP contribution in [0.3, 0.4) is 0 Å². The van der Waals surface area contributed by atoms with Crippen LogP contribution in [0.4, 0.5) is 5.69 Å². The Hall–Kier alpha value is -0.330. The minimum Gasteiger partial charge on any atom is -0.381 e. The molecule has 0 aliphatic carbocycles. The van der Waals surface area contributed by atoms with Crippen molar-refractivity contribution in [2.24, 2.45) is 0 Å². The third-order valence-electron chi connectivity index (χ3n) is 2.20. The molecule has 0 aromatic carbocycles. The monoisotopic (exact) mass is 277 g/mol. The largest absolute Gasteiger partial charge is 0.381 e. The second kappa shape index (κ2) is 5.84. The fraction of sp³-hybridized carbons (Fsp3) is 0.556. The summed E-state index contributed by atoms with van der Waals surface area (Å²) >= 11 is 9.78. The van der Waals surface area contributed by atoms with E-state index in [1.54, 1.807) is 6.20 Å². The van der Waals surface area contributed by atoms with Gasteiger partial charge in [0, 0.05) is 29.1 Å². The van der Waals surface area contributed by atoms with Gasteiger partial charge >= 0.3 is 0 Å². The van der Waals surface area contributed by atoms with E-state index < -0.39 is 0 Å². The van der Waals surface area contributed by atoms with Crippen LogP contribution in [0, 0.1) is 0 Å². The molecule has 1 aliphatic heterocycles. The summed E-state index contributed by atoms with van der Waals surface area (Å²) in [5.41, 5.74) is 0.263. The van der Waals surface area contributed by atoms with Gasteiger partial charge in [0.25, 0.3) is 5.56 Å². The molecule has 0 spiro atoms. The van der Waals surface area contributed by atoms with Crippen molar-refractivity contribution in [1.82, 2.24) is 10.2 Å². The van der Waals surface area contributed by atoms with Crippen LogP contribution in [0.25, 0.3) is 0 Å². The first kappa shape index (κ1) is 12.1.